The van der Waals surface area contributed by atoms with Crippen molar-refractivity contribution >= 4 is 40.8 Å². The molecule has 1 aromatic heterocycles. The molecule has 3 N–H and O–H groups in total. The van der Waals surface area contributed by atoms with Gasteiger partial charge in [-0.05, 0) is 30.3 Å². The highest BCUT2D eigenvalue weighted by Gasteiger charge is 2.13. The van der Waals surface area contributed by atoms with E-state index < -0.39 is 6.10 Å². The molecule has 0 saturated carbocycles. The number of hydrogen-bond donors (Lipinski definition) is 2. The zero-order chi connectivity index (χ0) is 13.8. The molecule has 1 heterocycles. The minimum absolute atomic E-state index is 0.300. The van der Waals surface area contributed by atoms with Gasteiger partial charge in [0.05, 0.1) is 11.1 Å². The van der Waals surface area contributed by atoms with E-state index in [1.54, 1.807) is 6.07 Å². The summed E-state index contributed by atoms with van der Waals surface area (Å²) in [6, 6.07) is 9.06. The number of halogens is 2. The molecule has 0 bridgehead atoms. The summed E-state index contributed by atoms with van der Waals surface area (Å²) in [5.41, 5.74) is 6.27. The number of aliphatic hydroxyl groups is 1. The van der Waals surface area contributed by atoms with Gasteiger partial charge in [-0.1, -0.05) is 23.2 Å². The Balaban J connectivity index is 2.03. The zero-order valence-electron chi connectivity index (χ0n) is 9.88. The Labute approximate surface area is 125 Å². The summed E-state index contributed by atoms with van der Waals surface area (Å²) < 4.78 is 0. The molecular weight excluding hydrogens is 303 g/mol. The molecule has 0 aliphatic heterocycles. The van der Waals surface area contributed by atoms with Gasteiger partial charge in [0.2, 0.25) is 0 Å². The SMILES string of the molecule is Nc1ncc(Cl)cc1C(O)CSc1ccc(Cl)cc1. The van der Waals surface area contributed by atoms with Gasteiger partial charge >= 0.3 is 0 Å². The molecule has 0 fully saturated rings. The third kappa shape index (κ3) is 4.01. The summed E-state index contributed by atoms with van der Waals surface area (Å²) in [6.45, 7) is 0. The minimum Gasteiger partial charge on any atom is -0.387 e. The van der Waals surface area contributed by atoms with Crippen molar-refractivity contribution in [3.63, 3.8) is 0 Å². The van der Waals surface area contributed by atoms with E-state index in [0.717, 1.165) is 4.90 Å². The number of hydrogen-bond acceptors (Lipinski definition) is 4. The lowest BCUT2D eigenvalue weighted by molar-refractivity contribution is 0.204. The van der Waals surface area contributed by atoms with Gasteiger partial charge < -0.3 is 10.8 Å². The van der Waals surface area contributed by atoms with Crippen LogP contribution in [0.15, 0.2) is 41.4 Å². The van der Waals surface area contributed by atoms with E-state index in [2.05, 4.69) is 4.98 Å². The van der Waals surface area contributed by atoms with Crippen LogP contribution in [0.4, 0.5) is 5.82 Å². The first-order chi connectivity index (χ1) is 9.06. The first kappa shape index (κ1) is 14.5. The molecule has 0 aliphatic carbocycles. The van der Waals surface area contributed by atoms with E-state index in [1.807, 2.05) is 24.3 Å². The summed E-state index contributed by atoms with van der Waals surface area (Å²) in [5, 5.41) is 11.3. The van der Waals surface area contributed by atoms with Crippen LogP contribution >= 0.6 is 35.0 Å². The normalized spacial score (nSPS) is 12.4. The Morgan fingerprint density at radius 2 is 1.89 bits per heavy atom. The first-order valence-corrected chi connectivity index (χ1v) is 7.28. The second-order valence-corrected chi connectivity index (χ2v) is 5.88. The topological polar surface area (TPSA) is 59.1 Å². The maximum Gasteiger partial charge on any atom is 0.129 e. The van der Waals surface area contributed by atoms with Crippen molar-refractivity contribution in [2.24, 2.45) is 0 Å². The van der Waals surface area contributed by atoms with Gasteiger partial charge in [0, 0.05) is 27.4 Å². The second kappa shape index (κ2) is 6.48. The predicted octanol–water partition coefficient (Wildman–Crippen LogP) is 3.80. The van der Waals surface area contributed by atoms with E-state index >= 15 is 0 Å². The fourth-order valence-corrected chi connectivity index (χ4v) is 2.68. The van der Waals surface area contributed by atoms with Crippen LogP contribution < -0.4 is 5.73 Å². The van der Waals surface area contributed by atoms with Crippen molar-refractivity contribution in [2.45, 2.75) is 11.0 Å². The number of nitrogen functional groups attached to an aromatic ring is 1. The van der Waals surface area contributed by atoms with Crippen LogP contribution in [-0.4, -0.2) is 15.8 Å². The summed E-state index contributed by atoms with van der Waals surface area (Å²) in [6.07, 6.45) is 0.742. The second-order valence-electron chi connectivity index (χ2n) is 3.91. The van der Waals surface area contributed by atoms with E-state index in [-0.39, 0.29) is 0 Å². The van der Waals surface area contributed by atoms with Crippen LogP contribution in [0.5, 0.6) is 0 Å². The molecule has 0 saturated heterocycles. The molecule has 2 aromatic rings. The average Bonchev–Trinajstić information content (AvgIpc) is 2.40. The fraction of sp³-hybridized carbons (Fsp3) is 0.154. The van der Waals surface area contributed by atoms with Crippen LogP contribution in [0.3, 0.4) is 0 Å². The predicted molar refractivity (Wildman–Crippen MR) is 80.8 cm³/mol. The number of thioether (sulfide) groups is 1. The van der Waals surface area contributed by atoms with Crippen molar-refractivity contribution in [1.82, 2.24) is 4.98 Å². The summed E-state index contributed by atoms with van der Waals surface area (Å²) in [4.78, 5) is 4.95. The molecule has 19 heavy (non-hydrogen) atoms. The largest absolute Gasteiger partial charge is 0.387 e. The number of rotatable bonds is 4. The van der Waals surface area contributed by atoms with Crippen molar-refractivity contribution in [2.75, 3.05) is 11.5 Å². The zero-order valence-corrected chi connectivity index (χ0v) is 12.2. The Morgan fingerprint density at radius 3 is 2.58 bits per heavy atom. The molecule has 0 radical (unpaired) electrons. The number of nitrogens with two attached hydrogens (primary N) is 1. The first-order valence-electron chi connectivity index (χ1n) is 5.53. The number of benzene rings is 1. The minimum atomic E-state index is -0.716. The van der Waals surface area contributed by atoms with Crippen LogP contribution in [0.1, 0.15) is 11.7 Å². The van der Waals surface area contributed by atoms with Crippen LogP contribution in [0.25, 0.3) is 0 Å². The monoisotopic (exact) mass is 314 g/mol. The summed E-state index contributed by atoms with van der Waals surface area (Å²) in [5.74, 6) is 0.766. The molecule has 1 unspecified atom stereocenters. The quantitative estimate of drug-likeness (QED) is 0.843. The van der Waals surface area contributed by atoms with Crippen molar-refractivity contribution < 1.29 is 5.11 Å². The number of anilines is 1. The van der Waals surface area contributed by atoms with E-state index in [9.17, 15) is 5.11 Å². The number of pyridine rings is 1. The Hall–Kier alpha value is -0.940. The average molecular weight is 315 g/mol. The smallest absolute Gasteiger partial charge is 0.129 e. The van der Waals surface area contributed by atoms with E-state index in [1.165, 1.54) is 18.0 Å². The molecule has 1 aromatic carbocycles. The van der Waals surface area contributed by atoms with Crippen molar-refractivity contribution in [3.05, 3.63) is 52.1 Å². The van der Waals surface area contributed by atoms with Crippen molar-refractivity contribution in [3.8, 4) is 0 Å². The maximum absolute atomic E-state index is 10.1. The molecule has 0 amide bonds. The standard InChI is InChI=1S/C13H12Cl2N2OS/c14-8-1-3-10(4-2-8)19-7-12(18)11-5-9(15)6-17-13(11)16/h1-6,12,18H,7H2,(H2,16,17). The lowest BCUT2D eigenvalue weighted by Crippen LogP contribution is -2.06. The molecule has 1 atom stereocenters. The van der Waals surface area contributed by atoms with Gasteiger partial charge in [-0.15, -0.1) is 11.8 Å². The van der Waals surface area contributed by atoms with Crippen molar-refractivity contribution in [1.29, 1.82) is 0 Å². The maximum atomic E-state index is 10.1. The van der Waals surface area contributed by atoms with E-state index in [4.69, 9.17) is 28.9 Å². The lowest BCUT2D eigenvalue weighted by atomic mass is 10.1. The van der Waals surface area contributed by atoms with E-state index in [0.29, 0.717) is 27.2 Å². The van der Waals surface area contributed by atoms with Gasteiger partial charge in [-0.2, -0.15) is 0 Å². The van der Waals surface area contributed by atoms with Gasteiger partial charge in [-0.3, -0.25) is 0 Å². The van der Waals surface area contributed by atoms with Gasteiger partial charge in [-0.25, -0.2) is 4.98 Å². The highest BCUT2D eigenvalue weighted by atomic mass is 35.5. The van der Waals surface area contributed by atoms with Gasteiger partial charge in [0.15, 0.2) is 0 Å². The van der Waals surface area contributed by atoms with Gasteiger partial charge in [0.1, 0.15) is 5.82 Å². The molecule has 100 valence electrons. The summed E-state index contributed by atoms with van der Waals surface area (Å²) >= 11 is 13.2. The summed E-state index contributed by atoms with van der Waals surface area (Å²) in [7, 11) is 0. The Kier molecular flexibility index (Phi) is 4.93. The fourth-order valence-electron chi connectivity index (χ4n) is 1.53. The number of aromatic nitrogens is 1. The molecule has 0 aliphatic rings. The van der Waals surface area contributed by atoms with Crippen LogP contribution in [0, 0.1) is 0 Å². The molecular formula is C13H12Cl2N2OS. The van der Waals surface area contributed by atoms with Crippen LogP contribution in [0.2, 0.25) is 10.0 Å². The highest BCUT2D eigenvalue weighted by molar-refractivity contribution is 7.99. The molecule has 2 rings (SSSR count). The number of aliphatic hydroxyl groups excluding tert-OH is 1. The molecule has 3 nitrogen and oxygen atoms in total. The third-order valence-electron chi connectivity index (χ3n) is 2.50. The third-order valence-corrected chi connectivity index (χ3v) is 4.04. The molecule has 6 heteroatoms. The van der Waals surface area contributed by atoms with Gasteiger partial charge in [0.25, 0.3) is 0 Å². The Morgan fingerprint density at radius 1 is 1.21 bits per heavy atom. The van der Waals surface area contributed by atoms with Crippen LogP contribution in [-0.2, 0) is 0 Å². The Bertz CT molecular complexity index is 563. The number of nitrogens with zero attached hydrogens (tertiary/aromatic N) is 1. The lowest BCUT2D eigenvalue weighted by Gasteiger charge is -2.12. The highest BCUT2D eigenvalue weighted by Crippen LogP contribution is 2.28. The molecule has 0 spiro atoms.